The molecular formula is C64H121NO5. The molecule has 0 heterocycles. The maximum Gasteiger partial charge on any atom is 0.305 e. The first kappa shape index (κ1) is 68.1. The standard InChI is InChI=1S/C64H121NO5/c1-3-5-7-9-11-13-15-17-19-20-21-22-23-24-25-26-27-28-30-32-36-40-44-48-52-56-62(67)61(60-66)65-63(68)57-53-49-45-41-37-33-31-35-39-43-47-51-55-59-70-64(69)58-54-50-46-42-38-34-29-18-16-14-12-10-8-6-4-2/h12,14,18,29,52,56,61-62,66-67H,3-11,13,15-17,19-28,30-51,53-55,57-60H2,1-2H3,(H,65,68)/b14-12-,29-18-,56-52+. The van der Waals surface area contributed by atoms with E-state index in [1.165, 1.54) is 238 Å². The number of amides is 1. The van der Waals surface area contributed by atoms with Crippen molar-refractivity contribution in [2.75, 3.05) is 13.2 Å². The maximum atomic E-state index is 12.5. The zero-order valence-electron chi connectivity index (χ0n) is 47.0. The first-order valence-electron chi connectivity index (χ1n) is 31.3. The van der Waals surface area contributed by atoms with E-state index in [1.54, 1.807) is 6.08 Å². The second kappa shape index (κ2) is 59.6. The number of allylic oxidation sites excluding steroid dienone is 5. The van der Waals surface area contributed by atoms with Crippen LogP contribution >= 0.6 is 0 Å². The first-order chi connectivity index (χ1) is 34.5. The van der Waals surface area contributed by atoms with Gasteiger partial charge in [0, 0.05) is 12.8 Å². The number of hydrogen-bond donors (Lipinski definition) is 3. The summed E-state index contributed by atoms with van der Waals surface area (Å²) in [5.74, 6) is -0.0989. The van der Waals surface area contributed by atoms with Crippen molar-refractivity contribution in [2.24, 2.45) is 0 Å². The van der Waals surface area contributed by atoms with Crippen LogP contribution in [0.2, 0.25) is 0 Å². The molecule has 0 fully saturated rings. The Labute approximate surface area is 436 Å². The van der Waals surface area contributed by atoms with Gasteiger partial charge < -0.3 is 20.3 Å². The number of aliphatic hydroxyl groups excluding tert-OH is 2. The number of carbonyl (C=O) groups excluding carboxylic acids is 2. The first-order valence-corrected chi connectivity index (χ1v) is 31.3. The average molecular weight is 985 g/mol. The van der Waals surface area contributed by atoms with E-state index in [4.69, 9.17) is 4.74 Å². The van der Waals surface area contributed by atoms with E-state index in [0.717, 1.165) is 70.6 Å². The summed E-state index contributed by atoms with van der Waals surface area (Å²) >= 11 is 0. The number of hydrogen-bond acceptors (Lipinski definition) is 5. The fraction of sp³-hybridized carbons (Fsp3) is 0.875. The Balaban J connectivity index is 3.48. The molecule has 70 heavy (non-hydrogen) atoms. The lowest BCUT2D eigenvalue weighted by molar-refractivity contribution is -0.143. The number of aliphatic hydroxyl groups is 2. The van der Waals surface area contributed by atoms with E-state index >= 15 is 0 Å². The molecule has 0 radical (unpaired) electrons. The summed E-state index contributed by atoms with van der Waals surface area (Å²) in [6.45, 7) is 4.86. The Bertz CT molecular complexity index is 1130. The maximum absolute atomic E-state index is 12.5. The molecule has 6 heteroatoms. The van der Waals surface area contributed by atoms with Crippen molar-refractivity contribution < 1.29 is 24.5 Å². The molecule has 0 aliphatic rings. The van der Waals surface area contributed by atoms with E-state index in [2.05, 4.69) is 43.5 Å². The minimum Gasteiger partial charge on any atom is -0.466 e. The molecule has 0 aliphatic heterocycles. The SMILES string of the molecule is CCCCC/C=C\C/C=C\CCCCCCCC(=O)OCCCCCCCCCCCCCCCC(=O)NC(CO)C(O)/C=C/CCCCCCCCCCCCCCCCCCCCCCCCC. The number of esters is 1. The van der Waals surface area contributed by atoms with Gasteiger partial charge in [-0.25, -0.2) is 0 Å². The summed E-state index contributed by atoms with van der Waals surface area (Å²) < 4.78 is 5.47. The number of rotatable bonds is 58. The van der Waals surface area contributed by atoms with Crippen LogP contribution in [-0.2, 0) is 14.3 Å². The number of nitrogens with one attached hydrogen (secondary N) is 1. The highest BCUT2D eigenvalue weighted by Crippen LogP contribution is 2.17. The Hall–Kier alpha value is -1.92. The molecule has 2 unspecified atom stereocenters. The zero-order valence-corrected chi connectivity index (χ0v) is 47.0. The van der Waals surface area contributed by atoms with Gasteiger partial charge in [0.1, 0.15) is 0 Å². The van der Waals surface area contributed by atoms with Crippen LogP contribution in [-0.4, -0.2) is 47.4 Å². The van der Waals surface area contributed by atoms with E-state index < -0.39 is 12.1 Å². The summed E-state index contributed by atoms with van der Waals surface area (Å²) in [7, 11) is 0. The van der Waals surface area contributed by atoms with Gasteiger partial charge in [-0.3, -0.25) is 9.59 Å². The third-order valence-corrected chi connectivity index (χ3v) is 14.4. The van der Waals surface area contributed by atoms with Crippen LogP contribution in [0.15, 0.2) is 36.5 Å². The lowest BCUT2D eigenvalue weighted by atomic mass is 10.0. The molecule has 0 aromatic carbocycles. The third kappa shape index (κ3) is 55.4. The minimum absolute atomic E-state index is 0.0203. The van der Waals surface area contributed by atoms with Crippen molar-refractivity contribution >= 4 is 11.9 Å². The van der Waals surface area contributed by atoms with Crippen molar-refractivity contribution in [2.45, 2.75) is 347 Å². The summed E-state index contributed by atoms with van der Waals surface area (Å²) in [5.41, 5.74) is 0. The van der Waals surface area contributed by atoms with Crippen LogP contribution < -0.4 is 5.32 Å². The molecular weight excluding hydrogens is 863 g/mol. The molecule has 3 N–H and O–H groups in total. The van der Waals surface area contributed by atoms with Crippen LogP contribution in [0, 0.1) is 0 Å². The van der Waals surface area contributed by atoms with Gasteiger partial charge in [0.2, 0.25) is 5.91 Å². The Morgan fingerprint density at radius 2 is 0.714 bits per heavy atom. The van der Waals surface area contributed by atoms with Crippen LogP contribution in [0.1, 0.15) is 335 Å². The van der Waals surface area contributed by atoms with Gasteiger partial charge in [-0.15, -0.1) is 0 Å². The molecule has 0 rings (SSSR count). The van der Waals surface area contributed by atoms with Crippen LogP contribution in [0.4, 0.5) is 0 Å². The molecule has 6 nitrogen and oxygen atoms in total. The quantitative estimate of drug-likeness (QED) is 0.0321. The monoisotopic (exact) mass is 984 g/mol. The fourth-order valence-electron chi connectivity index (χ4n) is 9.61. The van der Waals surface area contributed by atoms with Crippen molar-refractivity contribution in [3.05, 3.63) is 36.5 Å². The van der Waals surface area contributed by atoms with Gasteiger partial charge >= 0.3 is 5.97 Å². The highest BCUT2D eigenvalue weighted by atomic mass is 16.5. The number of carbonyl (C=O) groups is 2. The smallest absolute Gasteiger partial charge is 0.305 e. The van der Waals surface area contributed by atoms with Crippen molar-refractivity contribution in [1.82, 2.24) is 5.32 Å². The van der Waals surface area contributed by atoms with E-state index in [1.807, 2.05) is 6.08 Å². The molecule has 0 bridgehead atoms. The van der Waals surface area contributed by atoms with Crippen LogP contribution in [0.3, 0.4) is 0 Å². The summed E-state index contributed by atoms with van der Waals surface area (Å²) in [6.07, 6.45) is 74.6. The summed E-state index contributed by atoms with van der Waals surface area (Å²) in [4.78, 5) is 24.6. The van der Waals surface area contributed by atoms with Crippen LogP contribution in [0.5, 0.6) is 0 Å². The number of unbranched alkanes of at least 4 members (excludes halogenated alkanes) is 43. The van der Waals surface area contributed by atoms with E-state index in [-0.39, 0.29) is 18.5 Å². The summed E-state index contributed by atoms with van der Waals surface area (Å²) in [6, 6.07) is -0.640. The molecule has 1 amide bonds. The van der Waals surface area contributed by atoms with Gasteiger partial charge in [0.05, 0.1) is 25.4 Å². The number of ether oxygens (including phenoxy) is 1. The normalized spacial score (nSPS) is 12.8. The Morgan fingerprint density at radius 3 is 1.11 bits per heavy atom. The van der Waals surface area contributed by atoms with E-state index in [9.17, 15) is 19.8 Å². The minimum atomic E-state index is -0.856. The molecule has 0 aliphatic carbocycles. The molecule has 0 aromatic heterocycles. The highest BCUT2D eigenvalue weighted by molar-refractivity contribution is 5.76. The van der Waals surface area contributed by atoms with Crippen molar-refractivity contribution in [3.63, 3.8) is 0 Å². The van der Waals surface area contributed by atoms with Crippen molar-refractivity contribution in [3.8, 4) is 0 Å². The van der Waals surface area contributed by atoms with Gasteiger partial charge in [-0.2, -0.15) is 0 Å². The highest BCUT2D eigenvalue weighted by Gasteiger charge is 2.18. The largest absolute Gasteiger partial charge is 0.466 e. The molecule has 2 atom stereocenters. The fourth-order valence-corrected chi connectivity index (χ4v) is 9.61. The molecule has 0 saturated heterocycles. The van der Waals surface area contributed by atoms with Gasteiger partial charge in [0.25, 0.3) is 0 Å². The van der Waals surface area contributed by atoms with Gasteiger partial charge in [0.15, 0.2) is 0 Å². The summed E-state index contributed by atoms with van der Waals surface area (Å²) in [5, 5.41) is 23.2. The molecule has 0 spiro atoms. The zero-order chi connectivity index (χ0) is 50.7. The van der Waals surface area contributed by atoms with Gasteiger partial charge in [-0.05, 0) is 64.2 Å². The third-order valence-electron chi connectivity index (χ3n) is 14.4. The van der Waals surface area contributed by atoms with Crippen molar-refractivity contribution in [1.29, 1.82) is 0 Å². The lowest BCUT2D eigenvalue weighted by Crippen LogP contribution is -2.45. The van der Waals surface area contributed by atoms with Crippen LogP contribution in [0.25, 0.3) is 0 Å². The lowest BCUT2D eigenvalue weighted by Gasteiger charge is -2.20. The second-order valence-electron chi connectivity index (χ2n) is 21.4. The average Bonchev–Trinajstić information content (AvgIpc) is 3.36. The molecule has 0 saturated carbocycles. The van der Waals surface area contributed by atoms with Gasteiger partial charge in [-0.1, -0.05) is 294 Å². The second-order valence-corrected chi connectivity index (χ2v) is 21.4. The predicted molar refractivity (Wildman–Crippen MR) is 306 cm³/mol. The molecule has 412 valence electrons. The Kier molecular flexibility index (Phi) is 58.0. The predicted octanol–water partition coefficient (Wildman–Crippen LogP) is 19.6. The topological polar surface area (TPSA) is 95.9 Å². The molecule has 0 aromatic rings. The Morgan fingerprint density at radius 1 is 0.400 bits per heavy atom. The van der Waals surface area contributed by atoms with E-state index in [0.29, 0.717) is 19.4 Å².